The van der Waals surface area contributed by atoms with E-state index in [-0.39, 0.29) is 0 Å². The fourth-order valence-corrected chi connectivity index (χ4v) is 3.82. The molecule has 1 unspecified atom stereocenters. The minimum atomic E-state index is 0.480. The number of alkyl halides is 1. The van der Waals surface area contributed by atoms with Crippen LogP contribution in [0.4, 0.5) is 0 Å². The SMILES string of the molecule is CN1CCCC(Cn2c(CCl)nc3cc(I)ccc32)C1. The van der Waals surface area contributed by atoms with Crippen molar-refractivity contribution in [3.8, 4) is 0 Å². The van der Waals surface area contributed by atoms with Crippen molar-refractivity contribution in [2.75, 3.05) is 20.1 Å². The fraction of sp³-hybridized carbons (Fsp3) is 0.533. The topological polar surface area (TPSA) is 21.1 Å². The van der Waals surface area contributed by atoms with Gasteiger partial charge in [-0.15, -0.1) is 11.6 Å². The summed E-state index contributed by atoms with van der Waals surface area (Å²) in [5, 5.41) is 0. The molecule has 1 aliphatic rings. The first kappa shape index (κ1) is 14.6. The van der Waals surface area contributed by atoms with Crippen LogP contribution in [0.2, 0.25) is 0 Å². The Bertz CT molecular complexity index is 610. The van der Waals surface area contributed by atoms with Crippen LogP contribution in [0.15, 0.2) is 18.2 Å². The van der Waals surface area contributed by atoms with E-state index < -0.39 is 0 Å². The van der Waals surface area contributed by atoms with Crippen molar-refractivity contribution in [2.45, 2.75) is 25.3 Å². The van der Waals surface area contributed by atoms with E-state index >= 15 is 0 Å². The number of halogens is 2. The van der Waals surface area contributed by atoms with E-state index in [2.05, 4.69) is 62.3 Å². The quantitative estimate of drug-likeness (QED) is 0.575. The van der Waals surface area contributed by atoms with Crippen LogP contribution in [0.1, 0.15) is 18.7 Å². The first-order chi connectivity index (χ1) is 9.67. The Kier molecular flexibility index (Phi) is 4.52. The van der Waals surface area contributed by atoms with Crippen molar-refractivity contribution in [3.63, 3.8) is 0 Å². The molecule has 3 nitrogen and oxygen atoms in total. The third-order valence-electron chi connectivity index (χ3n) is 4.07. The minimum absolute atomic E-state index is 0.480. The summed E-state index contributed by atoms with van der Waals surface area (Å²) in [4.78, 5) is 7.12. The van der Waals surface area contributed by atoms with Crippen molar-refractivity contribution in [2.24, 2.45) is 5.92 Å². The molecule has 108 valence electrons. The lowest BCUT2D eigenvalue weighted by atomic mass is 9.98. The number of hydrogen-bond donors (Lipinski definition) is 0. The minimum Gasteiger partial charge on any atom is -0.327 e. The maximum absolute atomic E-state index is 6.09. The van der Waals surface area contributed by atoms with Crippen LogP contribution in [0.5, 0.6) is 0 Å². The summed E-state index contributed by atoms with van der Waals surface area (Å²) in [6, 6.07) is 6.45. The molecule has 0 bridgehead atoms. The summed E-state index contributed by atoms with van der Waals surface area (Å²) in [5.74, 6) is 2.18. The lowest BCUT2D eigenvalue weighted by molar-refractivity contribution is 0.195. The molecule has 1 aromatic heterocycles. The summed E-state index contributed by atoms with van der Waals surface area (Å²) in [7, 11) is 2.21. The van der Waals surface area contributed by atoms with Gasteiger partial charge in [0.05, 0.1) is 16.9 Å². The highest BCUT2D eigenvalue weighted by molar-refractivity contribution is 14.1. The van der Waals surface area contributed by atoms with Gasteiger partial charge in [-0.2, -0.15) is 0 Å². The fourth-order valence-electron chi connectivity index (χ4n) is 3.14. The Morgan fingerprint density at radius 1 is 1.45 bits per heavy atom. The zero-order chi connectivity index (χ0) is 14.1. The average molecular weight is 404 g/mol. The number of fused-ring (bicyclic) bond motifs is 1. The van der Waals surface area contributed by atoms with Gasteiger partial charge in [-0.3, -0.25) is 0 Å². The van der Waals surface area contributed by atoms with Gasteiger partial charge in [0, 0.05) is 16.7 Å². The van der Waals surface area contributed by atoms with Crippen molar-refractivity contribution in [1.82, 2.24) is 14.5 Å². The highest BCUT2D eigenvalue weighted by Gasteiger charge is 2.20. The molecule has 20 heavy (non-hydrogen) atoms. The molecular formula is C15H19ClIN3. The molecule has 5 heteroatoms. The molecule has 0 amide bonds. The number of hydrogen-bond acceptors (Lipinski definition) is 2. The molecule has 2 aromatic rings. The number of nitrogens with zero attached hydrogens (tertiary/aromatic N) is 3. The second kappa shape index (κ2) is 6.20. The van der Waals surface area contributed by atoms with Crippen LogP contribution >= 0.6 is 34.2 Å². The molecule has 2 heterocycles. The second-order valence-corrected chi connectivity index (χ2v) is 7.19. The Labute approximate surface area is 138 Å². The summed E-state index contributed by atoms with van der Waals surface area (Å²) in [6.45, 7) is 3.43. The maximum Gasteiger partial charge on any atom is 0.124 e. The summed E-state index contributed by atoms with van der Waals surface area (Å²) >= 11 is 8.42. The monoisotopic (exact) mass is 403 g/mol. The predicted molar refractivity (Wildman–Crippen MR) is 92.2 cm³/mol. The van der Waals surface area contributed by atoms with Crippen LogP contribution in [0, 0.1) is 9.49 Å². The van der Waals surface area contributed by atoms with Crippen molar-refractivity contribution < 1.29 is 0 Å². The maximum atomic E-state index is 6.09. The molecule has 1 fully saturated rings. The second-order valence-electron chi connectivity index (χ2n) is 5.68. The lowest BCUT2D eigenvalue weighted by Gasteiger charge is -2.30. The number of aromatic nitrogens is 2. The van der Waals surface area contributed by atoms with Gasteiger partial charge in [-0.05, 0) is 73.1 Å². The molecule has 1 aromatic carbocycles. The number of imidazole rings is 1. The Hall–Kier alpha value is -0.330. The first-order valence-corrected chi connectivity index (χ1v) is 8.68. The number of likely N-dealkylation sites (tertiary alicyclic amines) is 1. The highest BCUT2D eigenvalue weighted by atomic mass is 127. The number of benzene rings is 1. The third kappa shape index (κ3) is 2.97. The smallest absolute Gasteiger partial charge is 0.124 e. The molecule has 0 radical (unpaired) electrons. The van der Waals surface area contributed by atoms with E-state index in [1.54, 1.807) is 0 Å². The normalized spacial score (nSPS) is 20.6. The zero-order valence-corrected chi connectivity index (χ0v) is 14.6. The van der Waals surface area contributed by atoms with Crippen LogP contribution in [0.25, 0.3) is 11.0 Å². The van der Waals surface area contributed by atoms with Gasteiger partial charge in [0.2, 0.25) is 0 Å². The van der Waals surface area contributed by atoms with Gasteiger partial charge in [-0.1, -0.05) is 0 Å². The van der Waals surface area contributed by atoms with Gasteiger partial charge in [0.25, 0.3) is 0 Å². The molecule has 0 spiro atoms. The number of piperidine rings is 1. The summed E-state index contributed by atoms with van der Waals surface area (Å²) < 4.78 is 3.54. The Morgan fingerprint density at radius 3 is 3.05 bits per heavy atom. The van der Waals surface area contributed by atoms with Crippen LogP contribution in [0.3, 0.4) is 0 Å². The first-order valence-electron chi connectivity index (χ1n) is 7.06. The molecule has 0 N–H and O–H groups in total. The van der Waals surface area contributed by atoms with Crippen LogP contribution in [-0.4, -0.2) is 34.6 Å². The van der Waals surface area contributed by atoms with Gasteiger partial charge < -0.3 is 9.47 Å². The average Bonchev–Trinajstić information content (AvgIpc) is 2.76. The Morgan fingerprint density at radius 2 is 2.30 bits per heavy atom. The number of rotatable bonds is 3. The van der Waals surface area contributed by atoms with E-state index in [9.17, 15) is 0 Å². The van der Waals surface area contributed by atoms with Gasteiger partial charge >= 0.3 is 0 Å². The van der Waals surface area contributed by atoms with E-state index in [0.29, 0.717) is 11.8 Å². The predicted octanol–water partition coefficient (Wildman–Crippen LogP) is 3.72. The molecule has 1 aliphatic heterocycles. The third-order valence-corrected chi connectivity index (χ3v) is 4.98. The summed E-state index contributed by atoms with van der Waals surface area (Å²) in [5.41, 5.74) is 2.28. The van der Waals surface area contributed by atoms with Crippen molar-refractivity contribution in [1.29, 1.82) is 0 Å². The van der Waals surface area contributed by atoms with E-state index in [1.165, 1.54) is 35.0 Å². The lowest BCUT2D eigenvalue weighted by Crippen LogP contribution is -2.34. The van der Waals surface area contributed by atoms with Crippen molar-refractivity contribution in [3.05, 3.63) is 27.6 Å². The van der Waals surface area contributed by atoms with E-state index in [0.717, 1.165) is 17.9 Å². The van der Waals surface area contributed by atoms with Crippen molar-refractivity contribution >= 4 is 45.2 Å². The molecule has 3 rings (SSSR count). The van der Waals surface area contributed by atoms with Crippen LogP contribution < -0.4 is 0 Å². The van der Waals surface area contributed by atoms with Crippen LogP contribution in [-0.2, 0) is 12.4 Å². The standard InChI is InChI=1S/C15H19ClIN3/c1-19-6-2-3-11(9-19)10-20-14-5-4-12(17)7-13(14)18-15(20)8-16/h4-5,7,11H,2-3,6,8-10H2,1H3. The molecular weight excluding hydrogens is 385 g/mol. The molecule has 0 saturated carbocycles. The van der Waals surface area contributed by atoms with Gasteiger partial charge in [0.15, 0.2) is 0 Å². The summed E-state index contributed by atoms with van der Waals surface area (Å²) in [6.07, 6.45) is 2.60. The van der Waals surface area contributed by atoms with Gasteiger partial charge in [-0.25, -0.2) is 4.98 Å². The van der Waals surface area contributed by atoms with E-state index in [4.69, 9.17) is 11.6 Å². The van der Waals surface area contributed by atoms with Gasteiger partial charge in [0.1, 0.15) is 5.82 Å². The largest absolute Gasteiger partial charge is 0.327 e. The molecule has 0 aliphatic carbocycles. The van der Waals surface area contributed by atoms with E-state index in [1.807, 2.05) is 0 Å². The highest BCUT2D eigenvalue weighted by Crippen LogP contribution is 2.24. The molecule has 1 atom stereocenters. The zero-order valence-electron chi connectivity index (χ0n) is 11.6. The Balaban J connectivity index is 1.93. The molecule has 1 saturated heterocycles.